The molecule has 0 heterocycles. The Balaban J connectivity index is 2.99. The molecule has 3 N–H and O–H groups in total. The average Bonchev–Trinajstić information content (AvgIpc) is 2.14. The van der Waals surface area contributed by atoms with Crippen LogP contribution in [0, 0.1) is 0 Å². The summed E-state index contributed by atoms with van der Waals surface area (Å²) < 4.78 is 44.9. The van der Waals surface area contributed by atoms with Crippen LogP contribution in [0.2, 0.25) is 0 Å². The third kappa shape index (κ3) is 13.6. The van der Waals surface area contributed by atoms with E-state index in [2.05, 4.69) is 5.32 Å². The molecule has 0 aromatic heterocycles. The van der Waals surface area contributed by atoms with Crippen LogP contribution in [0.15, 0.2) is 0 Å². The van der Waals surface area contributed by atoms with E-state index in [9.17, 15) is 13.2 Å². The molecular weight excluding hydrogens is 213 g/mol. The van der Waals surface area contributed by atoms with Crippen molar-refractivity contribution in [1.82, 2.24) is 5.32 Å². The molecule has 0 saturated carbocycles. The Labute approximate surface area is 86.9 Å². The van der Waals surface area contributed by atoms with Gasteiger partial charge in [0.2, 0.25) is 0 Å². The van der Waals surface area contributed by atoms with Gasteiger partial charge in [0.15, 0.2) is 0 Å². The first-order chi connectivity index (χ1) is 7.06. The van der Waals surface area contributed by atoms with Crippen LogP contribution < -0.4 is 11.1 Å². The summed E-state index contributed by atoms with van der Waals surface area (Å²) in [5.41, 5.74) is 5.17. The quantitative estimate of drug-likeness (QED) is 0.553. The van der Waals surface area contributed by atoms with Crippen LogP contribution in [0.4, 0.5) is 13.2 Å². The average molecular weight is 230 g/mol. The van der Waals surface area contributed by atoms with Gasteiger partial charge in [-0.25, -0.2) is 0 Å². The van der Waals surface area contributed by atoms with Crippen LogP contribution in [0.5, 0.6) is 0 Å². The molecule has 0 radical (unpaired) electrons. The molecule has 0 aliphatic heterocycles. The third-order valence-corrected chi connectivity index (χ3v) is 1.38. The summed E-state index contributed by atoms with van der Waals surface area (Å²) in [6, 6.07) is 0. The lowest BCUT2D eigenvalue weighted by molar-refractivity contribution is -0.125. The van der Waals surface area contributed by atoms with Crippen LogP contribution in [-0.2, 0) is 9.47 Å². The van der Waals surface area contributed by atoms with Crippen molar-refractivity contribution in [3.8, 4) is 0 Å². The number of nitrogens with two attached hydrogens (primary N) is 1. The van der Waals surface area contributed by atoms with Crippen molar-refractivity contribution in [2.24, 2.45) is 5.73 Å². The maximum atomic E-state index is 11.6. The minimum absolute atomic E-state index is 0.177. The van der Waals surface area contributed by atoms with Gasteiger partial charge < -0.3 is 20.5 Å². The van der Waals surface area contributed by atoms with Crippen LogP contribution in [0.3, 0.4) is 0 Å². The minimum Gasteiger partial charge on any atom is -0.378 e. The summed E-state index contributed by atoms with van der Waals surface area (Å²) in [6.45, 7) is 1.13. The molecule has 0 rings (SSSR count). The maximum Gasteiger partial charge on any atom is 0.401 e. The van der Waals surface area contributed by atoms with Gasteiger partial charge in [0.1, 0.15) is 0 Å². The molecule has 0 fully saturated rings. The fourth-order valence-corrected chi connectivity index (χ4v) is 0.780. The summed E-state index contributed by atoms with van der Waals surface area (Å²) in [6.07, 6.45) is -4.16. The summed E-state index contributed by atoms with van der Waals surface area (Å²) in [4.78, 5) is 0. The zero-order chi connectivity index (χ0) is 11.6. The fourth-order valence-electron chi connectivity index (χ4n) is 0.780. The maximum absolute atomic E-state index is 11.6. The molecule has 0 unspecified atom stereocenters. The van der Waals surface area contributed by atoms with Crippen molar-refractivity contribution < 1.29 is 22.6 Å². The Bertz CT molecular complexity index is 144. The van der Waals surface area contributed by atoms with Crippen molar-refractivity contribution in [1.29, 1.82) is 0 Å². The topological polar surface area (TPSA) is 56.5 Å². The van der Waals surface area contributed by atoms with Crippen molar-refractivity contribution >= 4 is 0 Å². The molecule has 0 saturated heterocycles. The molecule has 15 heavy (non-hydrogen) atoms. The highest BCUT2D eigenvalue weighted by Gasteiger charge is 2.25. The zero-order valence-corrected chi connectivity index (χ0v) is 8.48. The fraction of sp³-hybridized carbons (Fsp3) is 1.00. The second-order valence-electron chi connectivity index (χ2n) is 2.81. The van der Waals surface area contributed by atoms with Crippen LogP contribution in [0.1, 0.15) is 0 Å². The molecular formula is C8H17F3N2O2. The van der Waals surface area contributed by atoms with Gasteiger partial charge in [0.25, 0.3) is 0 Å². The highest BCUT2D eigenvalue weighted by molar-refractivity contribution is 4.54. The molecule has 0 aromatic carbocycles. The number of ether oxygens (including phenoxy) is 2. The van der Waals surface area contributed by atoms with Gasteiger partial charge >= 0.3 is 6.18 Å². The lowest BCUT2D eigenvalue weighted by Gasteiger charge is -2.08. The Kier molecular flexibility index (Phi) is 8.68. The second kappa shape index (κ2) is 8.90. The van der Waals surface area contributed by atoms with Gasteiger partial charge in [-0.15, -0.1) is 0 Å². The van der Waals surface area contributed by atoms with Gasteiger partial charge in [-0.05, 0) is 0 Å². The molecule has 92 valence electrons. The molecule has 0 amide bonds. The Morgan fingerprint density at radius 3 is 2.13 bits per heavy atom. The minimum atomic E-state index is -4.16. The van der Waals surface area contributed by atoms with Crippen molar-refractivity contribution in [2.45, 2.75) is 6.18 Å². The number of nitrogens with one attached hydrogen (secondary N) is 1. The largest absolute Gasteiger partial charge is 0.401 e. The molecule has 0 atom stereocenters. The number of hydrogen-bond donors (Lipinski definition) is 2. The van der Waals surface area contributed by atoms with Gasteiger partial charge in [0.05, 0.1) is 33.0 Å². The molecule has 0 bridgehead atoms. The van der Waals surface area contributed by atoms with Crippen molar-refractivity contribution in [3.63, 3.8) is 0 Å². The first-order valence-electron chi connectivity index (χ1n) is 4.69. The number of hydrogen-bond acceptors (Lipinski definition) is 4. The molecule has 0 aliphatic rings. The summed E-state index contributed by atoms with van der Waals surface area (Å²) in [5.74, 6) is 0. The van der Waals surface area contributed by atoms with E-state index in [1.807, 2.05) is 0 Å². The van der Waals surface area contributed by atoms with Crippen LogP contribution in [-0.4, -0.2) is 52.2 Å². The van der Waals surface area contributed by atoms with Gasteiger partial charge in [-0.2, -0.15) is 13.2 Å². The van der Waals surface area contributed by atoms with Crippen molar-refractivity contribution in [3.05, 3.63) is 0 Å². The van der Waals surface area contributed by atoms with E-state index in [0.717, 1.165) is 0 Å². The van der Waals surface area contributed by atoms with E-state index < -0.39 is 12.7 Å². The third-order valence-electron chi connectivity index (χ3n) is 1.38. The molecule has 0 spiro atoms. The van der Waals surface area contributed by atoms with E-state index >= 15 is 0 Å². The highest BCUT2D eigenvalue weighted by Crippen LogP contribution is 2.11. The van der Waals surface area contributed by atoms with Gasteiger partial charge in [0, 0.05) is 13.1 Å². The number of rotatable bonds is 9. The summed E-state index contributed by atoms with van der Waals surface area (Å²) in [5, 5.41) is 2.22. The lowest BCUT2D eigenvalue weighted by Crippen LogP contribution is -2.31. The van der Waals surface area contributed by atoms with E-state index in [0.29, 0.717) is 26.4 Å². The SMILES string of the molecule is NCCOCCOCCNCC(F)(F)F. The monoisotopic (exact) mass is 230 g/mol. The smallest absolute Gasteiger partial charge is 0.378 e. The lowest BCUT2D eigenvalue weighted by atomic mass is 10.6. The first kappa shape index (κ1) is 14.6. The number of halogens is 3. The van der Waals surface area contributed by atoms with Crippen molar-refractivity contribution in [2.75, 3.05) is 46.1 Å². The van der Waals surface area contributed by atoms with E-state index in [-0.39, 0.29) is 13.2 Å². The molecule has 0 aliphatic carbocycles. The standard InChI is InChI=1S/C8H17F3N2O2/c9-8(10,11)7-13-2-4-15-6-5-14-3-1-12/h13H,1-7,12H2. The number of alkyl halides is 3. The predicted octanol–water partition coefficient (Wildman–Crippen LogP) is 0.130. The van der Waals surface area contributed by atoms with E-state index in [4.69, 9.17) is 15.2 Å². The Morgan fingerprint density at radius 2 is 1.60 bits per heavy atom. The van der Waals surface area contributed by atoms with Crippen LogP contribution >= 0.6 is 0 Å². The predicted molar refractivity (Wildman–Crippen MR) is 49.6 cm³/mol. The highest BCUT2D eigenvalue weighted by atomic mass is 19.4. The normalized spacial score (nSPS) is 12.0. The summed E-state index contributed by atoms with van der Waals surface area (Å²) in [7, 11) is 0. The first-order valence-corrected chi connectivity index (χ1v) is 4.69. The van der Waals surface area contributed by atoms with Gasteiger partial charge in [-0.1, -0.05) is 0 Å². The van der Waals surface area contributed by atoms with Crippen LogP contribution in [0.25, 0.3) is 0 Å². The molecule has 0 aromatic rings. The second-order valence-corrected chi connectivity index (χ2v) is 2.81. The van der Waals surface area contributed by atoms with E-state index in [1.54, 1.807) is 0 Å². The Hall–Kier alpha value is -0.370. The van der Waals surface area contributed by atoms with Gasteiger partial charge in [-0.3, -0.25) is 0 Å². The Morgan fingerprint density at radius 1 is 1.00 bits per heavy atom. The molecule has 7 heteroatoms. The molecule has 4 nitrogen and oxygen atoms in total. The van der Waals surface area contributed by atoms with E-state index in [1.165, 1.54) is 0 Å². The zero-order valence-electron chi connectivity index (χ0n) is 8.48. The summed E-state index contributed by atoms with van der Waals surface area (Å²) >= 11 is 0.